The van der Waals surface area contributed by atoms with Crippen LogP contribution >= 0.6 is 0 Å². The van der Waals surface area contributed by atoms with E-state index in [0.29, 0.717) is 18.7 Å². The largest absolute Gasteiger partial charge is 0.364 e. The molecule has 0 amide bonds. The van der Waals surface area contributed by atoms with Crippen LogP contribution in [0.2, 0.25) is 0 Å². The molecule has 2 rings (SSSR count). The Morgan fingerprint density at radius 3 is 2.81 bits per heavy atom. The van der Waals surface area contributed by atoms with E-state index in [4.69, 9.17) is 0 Å². The van der Waals surface area contributed by atoms with Crippen molar-refractivity contribution < 1.29 is 4.39 Å². The third kappa shape index (κ3) is 2.00. The summed E-state index contributed by atoms with van der Waals surface area (Å²) in [5.41, 5.74) is -0.254. The first-order chi connectivity index (χ1) is 7.65. The van der Waals surface area contributed by atoms with Crippen molar-refractivity contribution >= 4 is 5.69 Å². The van der Waals surface area contributed by atoms with Crippen molar-refractivity contribution in [1.29, 1.82) is 5.26 Å². The molecule has 0 aromatic heterocycles. The van der Waals surface area contributed by atoms with Gasteiger partial charge in [0, 0.05) is 13.1 Å². The van der Waals surface area contributed by atoms with Gasteiger partial charge < -0.3 is 10.2 Å². The van der Waals surface area contributed by atoms with Crippen LogP contribution in [0.3, 0.4) is 0 Å². The SMILES string of the molecule is CN1CCC(C#N)(Nc2ccccc2F)C1. The zero-order valence-electron chi connectivity index (χ0n) is 9.20. The summed E-state index contributed by atoms with van der Waals surface area (Å²) in [7, 11) is 1.96. The van der Waals surface area contributed by atoms with Crippen molar-refractivity contribution in [1.82, 2.24) is 4.90 Å². The molecule has 16 heavy (non-hydrogen) atoms. The average molecular weight is 219 g/mol. The third-order valence-corrected chi connectivity index (χ3v) is 2.92. The molecule has 1 unspecified atom stereocenters. The van der Waals surface area contributed by atoms with Crippen molar-refractivity contribution in [3.63, 3.8) is 0 Å². The van der Waals surface area contributed by atoms with Crippen LogP contribution in [-0.2, 0) is 0 Å². The number of rotatable bonds is 2. The topological polar surface area (TPSA) is 39.1 Å². The maximum Gasteiger partial charge on any atom is 0.146 e. The van der Waals surface area contributed by atoms with Crippen LogP contribution in [0.15, 0.2) is 24.3 Å². The fraction of sp³-hybridized carbons (Fsp3) is 0.417. The zero-order chi connectivity index (χ0) is 11.6. The van der Waals surface area contributed by atoms with Crippen LogP contribution in [0.25, 0.3) is 0 Å². The Morgan fingerprint density at radius 2 is 2.25 bits per heavy atom. The number of para-hydroxylation sites is 1. The quantitative estimate of drug-likeness (QED) is 0.824. The molecule has 1 aliphatic heterocycles. The summed E-state index contributed by atoms with van der Waals surface area (Å²) in [6, 6.07) is 8.72. The molecule has 0 saturated carbocycles. The third-order valence-electron chi connectivity index (χ3n) is 2.92. The van der Waals surface area contributed by atoms with Gasteiger partial charge in [-0.3, -0.25) is 0 Å². The summed E-state index contributed by atoms with van der Waals surface area (Å²) in [4.78, 5) is 2.07. The number of halogens is 1. The van der Waals surface area contributed by atoms with Crippen LogP contribution in [0.5, 0.6) is 0 Å². The van der Waals surface area contributed by atoms with Gasteiger partial charge in [-0.15, -0.1) is 0 Å². The number of likely N-dealkylation sites (tertiary alicyclic amines) is 1. The van der Waals surface area contributed by atoms with E-state index < -0.39 is 5.54 Å². The highest BCUT2D eigenvalue weighted by atomic mass is 19.1. The second-order valence-electron chi connectivity index (χ2n) is 4.29. The first kappa shape index (κ1) is 10.9. The maximum atomic E-state index is 13.5. The van der Waals surface area contributed by atoms with Gasteiger partial charge in [0.2, 0.25) is 0 Å². The summed E-state index contributed by atoms with van der Waals surface area (Å²) in [6.07, 6.45) is 0.717. The Labute approximate surface area is 94.5 Å². The van der Waals surface area contributed by atoms with Crippen molar-refractivity contribution in [3.05, 3.63) is 30.1 Å². The first-order valence-corrected chi connectivity index (χ1v) is 5.28. The molecule has 1 atom stereocenters. The van der Waals surface area contributed by atoms with Crippen molar-refractivity contribution in [2.45, 2.75) is 12.0 Å². The Bertz CT molecular complexity index is 427. The van der Waals surface area contributed by atoms with Gasteiger partial charge in [-0.1, -0.05) is 12.1 Å². The van der Waals surface area contributed by atoms with Gasteiger partial charge in [0.15, 0.2) is 0 Å². The van der Waals surface area contributed by atoms with E-state index in [1.54, 1.807) is 18.2 Å². The molecule has 1 aromatic rings. The number of hydrogen-bond acceptors (Lipinski definition) is 3. The summed E-state index contributed by atoms with van der Waals surface area (Å²) in [6.45, 7) is 1.48. The minimum Gasteiger partial charge on any atom is -0.364 e. The minimum atomic E-state index is -0.656. The van der Waals surface area contributed by atoms with Crippen LogP contribution in [0.4, 0.5) is 10.1 Å². The summed E-state index contributed by atoms with van der Waals surface area (Å²) >= 11 is 0. The fourth-order valence-corrected chi connectivity index (χ4v) is 2.04. The summed E-state index contributed by atoms with van der Waals surface area (Å²) < 4.78 is 13.5. The van der Waals surface area contributed by atoms with Crippen molar-refractivity contribution in [3.8, 4) is 6.07 Å². The van der Waals surface area contributed by atoms with E-state index in [1.165, 1.54) is 6.07 Å². The molecule has 1 N–H and O–H groups in total. The molecule has 3 nitrogen and oxygen atoms in total. The molecular weight excluding hydrogens is 205 g/mol. The lowest BCUT2D eigenvalue weighted by Gasteiger charge is -2.23. The monoisotopic (exact) mass is 219 g/mol. The number of likely N-dealkylation sites (N-methyl/N-ethyl adjacent to an activating group) is 1. The Balaban J connectivity index is 2.21. The molecule has 0 bridgehead atoms. The molecule has 1 aliphatic rings. The minimum absolute atomic E-state index is 0.313. The van der Waals surface area contributed by atoms with Crippen LogP contribution < -0.4 is 5.32 Å². The number of nitrogens with zero attached hydrogens (tertiary/aromatic N) is 2. The van der Waals surface area contributed by atoms with E-state index in [9.17, 15) is 9.65 Å². The number of anilines is 1. The Kier molecular flexibility index (Phi) is 2.80. The molecular formula is C12H14FN3. The van der Waals surface area contributed by atoms with E-state index in [-0.39, 0.29) is 5.82 Å². The van der Waals surface area contributed by atoms with Gasteiger partial charge in [-0.2, -0.15) is 5.26 Å². The van der Waals surface area contributed by atoms with E-state index >= 15 is 0 Å². The lowest BCUT2D eigenvalue weighted by molar-refractivity contribution is 0.403. The van der Waals surface area contributed by atoms with Gasteiger partial charge in [0.05, 0.1) is 11.8 Å². The van der Waals surface area contributed by atoms with E-state index in [1.807, 2.05) is 7.05 Å². The van der Waals surface area contributed by atoms with E-state index in [2.05, 4.69) is 16.3 Å². The lowest BCUT2D eigenvalue weighted by atomic mass is 10.0. The Morgan fingerprint density at radius 1 is 1.50 bits per heavy atom. The molecule has 1 aromatic carbocycles. The number of hydrogen-bond donors (Lipinski definition) is 1. The molecule has 1 heterocycles. The highest BCUT2D eigenvalue weighted by Gasteiger charge is 2.37. The maximum absolute atomic E-state index is 13.5. The zero-order valence-corrected chi connectivity index (χ0v) is 9.20. The molecule has 0 spiro atoms. The van der Waals surface area contributed by atoms with Crippen molar-refractivity contribution in [2.24, 2.45) is 0 Å². The molecule has 1 saturated heterocycles. The predicted molar refractivity (Wildman–Crippen MR) is 60.5 cm³/mol. The molecule has 4 heteroatoms. The van der Waals surface area contributed by atoms with Crippen LogP contribution in [-0.4, -0.2) is 30.6 Å². The van der Waals surface area contributed by atoms with Gasteiger partial charge in [0.25, 0.3) is 0 Å². The Hall–Kier alpha value is -1.60. The van der Waals surface area contributed by atoms with Crippen LogP contribution in [0.1, 0.15) is 6.42 Å². The average Bonchev–Trinajstić information content (AvgIpc) is 2.65. The highest BCUT2D eigenvalue weighted by molar-refractivity contribution is 5.49. The number of nitriles is 1. The van der Waals surface area contributed by atoms with Crippen molar-refractivity contribution in [2.75, 3.05) is 25.5 Å². The summed E-state index contributed by atoms with van der Waals surface area (Å²) in [5.74, 6) is -0.313. The van der Waals surface area contributed by atoms with Gasteiger partial charge >= 0.3 is 0 Å². The molecule has 0 radical (unpaired) electrons. The van der Waals surface area contributed by atoms with Gasteiger partial charge in [0.1, 0.15) is 11.4 Å². The van der Waals surface area contributed by atoms with E-state index in [0.717, 1.165) is 6.54 Å². The molecule has 0 aliphatic carbocycles. The second-order valence-corrected chi connectivity index (χ2v) is 4.29. The van der Waals surface area contributed by atoms with Gasteiger partial charge in [-0.05, 0) is 25.6 Å². The fourth-order valence-electron chi connectivity index (χ4n) is 2.04. The molecule has 84 valence electrons. The second kappa shape index (κ2) is 4.11. The van der Waals surface area contributed by atoms with Crippen LogP contribution in [0, 0.1) is 17.1 Å². The molecule has 1 fully saturated rings. The first-order valence-electron chi connectivity index (χ1n) is 5.28. The highest BCUT2D eigenvalue weighted by Crippen LogP contribution is 2.26. The standard InChI is InChI=1S/C12H14FN3/c1-16-7-6-12(8-14,9-16)15-11-5-3-2-4-10(11)13/h2-5,15H,6-7,9H2,1H3. The predicted octanol–water partition coefficient (Wildman–Crippen LogP) is 1.84. The number of benzene rings is 1. The summed E-state index contributed by atoms with van der Waals surface area (Å²) in [5, 5.41) is 12.2. The normalized spacial score (nSPS) is 25.3. The lowest BCUT2D eigenvalue weighted by Crippen LogP contribution is -2.39. The number of nitrogens with one attached hydrogen (secondary N) is 1. The van der Waals surface area contributed by atoms with Gasteiger partial charge in [-0.25, -0.2) is 4.39 Å². The smallest absolute Gasteiger partial charge is 0.146 e.